The van der Waals surface area contributed by atoms with Crippen LogP contribution in [0.2, 0.25) is 0 Å². The molecule has 21 heavy (non-hydrogen) atoms. The molecule has 0 saturated carbocycles. The summed E-state index contributed by atoms with van der Waals surface area (Å²) >= 11 is 10.0. The molecule has 0 aromatic heterocycles. The fraction of sp³-hybridized carbons (Fsp3) is 0.429. The molecule has 114 valence electrons. The Morgan fingerprint density at radius 2 is 2.05 bits per heavy atom. The second kappa shape index (κ2) is 6.62. The van der Waals surface area contributed by atoms with Crippen molar-refractivity contribution in [3.63, 3.8) is 0 Å². The molecule has 1 aliphatic rings. The molecule has 0 bridgehead atoms. The van der Waals surface area contributed by atoms with E-state index >= 15 is 0 Å². The Balaban J connectivity index is 2.11. The van der Waals surface area contributed by atoms with Gasteiger partial charge in [-0.2, -0.15) is 11.8 Å². The number of thioether (sulfide) groups is 1. The van der Waals surface area contributed by atoms with Crippen molar-refractivity contribution in [3.8, 4) is 0 Å². The molecule has 1 aliphatic heterocycles. The van der Waals surface area contributed by atoms with Crippen molar-refractivity contribution >= 4 is 50.8 Å². The first-order valence-electron chi connectivity index (χ1n) is 6.48. The van der Waals surface area contributed by atoms with Crippen LogP contribution in [0, 0.1) is 5.82 Å². The number of piperidine rings is 1. The molecule has 0 spiro atoms. The van der Waals surface area contributed by atoms with Crippen molar-refractivity contribution < 1.29 is 9.18 Å². The third-order valence-electron chi connectivity index (χ3n) is 3.81. The third-order valence-corrected chi connectivity index (χ3v) is 6.20. The van der Waals surface area contributed by atoms with Crippen LogP contribution in [-0.2, 0) is 0 Å². The zero-order valence-electron chi connectivity index (χ0n) is 11.6. The van der Waals surface area contributed by atoms with E-state index in [1.54, 1.807) is 22.7 Å². The molecule has 2 rings (SSSR count). The van der Waals surface area contributed by atoms with Crippen LogP contribution in [0.4, 0.5) is 4.39 Å². The lowest BCUT2D eigenvalue weighted by Gasteiger charge is -2.40. The number of hydrogen-bond acceptors (Lipinski definition) is 3. The quantitative estimate of drug-likeness (QED) is 0.804. The van der Waals surface area contributed by atoms with Gasteiger partial charge in [0.25, 0.3) is 5.91 Å². The van der Waals surface area contributed by atoms with Crippen molar-refractivity contribution in [1.82, 2.24) is 4.90 Å². The first-order chi connectivity index (χ1) is 9.88. The minimum atomic E-state index is -0.425. The fourth-order valence-electron chi connectivity index (χ4n) is 2.48. The Kier molecular flexibility index (Phi) is 5.27. The van der Waals surface area contributed by atoms with E-state index < -0.39 is 5.82 Å². The second-order valence-electron chi connectivity index (χ2n) is 5.01. The lowest BCUT2D eigenvalue weighted by atomic mass is 9.95. The molecule has 0 atom stereocenters. The van der Waals surface area contributed by atoms with E-state index in [0.29, 0.717) is 28.1 Å². The van der Waals surface area contributed by atoms with Crippen LogP contribution in [-0.4, -0.2) is 39.9 Å². The van der Waals surface area contributed by atoms with E-state index in [4.69, 9.17) is 18.0 Å². The normalized spacial score (nSPS) is 17.6. The summed E-state index contributed by atoms with van der Waals surface area (Å²) in [7, 11) is 0. The van der Waals surface area contributed by atoms with E-state index in [0.717, 1.165) is 12.8 Å². The highest BCUT2D eigenvalue weighted by atomic mass is 79.9. The Hall–Kier alpha value is -0.660. The van der Waals surface area contributed by atoms with Gasteiger partial charge in [-0.15, -0.1) is 0 Å². The SMILES string of the molecule is CSC1(C(N)=S)CCN(C(=O)c2cc(F)cc(Br)c2)CC1. The lowest BCUT2D eigenvalue weighted by molar-refractivity contribution is 0.0718. The molecule has 2 N–H and O–H groups in total. The standard InChI is InChI=1S/C14H16BrFN2OS2/c1-21-14(13(17)20)2-4-18(5-3-14)12(19)9-6-10(15)8-11(16)7-9/h6-8H,2-5H2,1H3,(H2,17,20). The molecule has 7 heteroatoms. The highest BCUT2D eigenvalue weighted by molar-refractivity contribution is 9.10. The number of carbonyl (C=O) groups is 1. The number of benzene rings is 1. The highest BCUT2D eigenvalue weighted by Gasteiger charge is 2.38. The maximum Gasteiger partial charge on any atom is 0.253 e. The topological polar surface area (TPSA) is 46.3 Å². The van der Waals surface area contributed by atoms with E-state index in [1.165, 1.54) is 12.1 Å². The number of rotatable bonds is 3. The van der Waals surface area contributed by atoms with Gasteiger partial charge in [-0.3, -0.25) is 4.79 Å². The second-order valence-corrected chi connectivity index (χ2v) is 7.56. The Bertz CT molecular complexity index is 554. The van der Waals surface area contributed by atoms with E-state index in [1.807, 2.05) is 6.26 Å². The van der Waals surface area contributed by atoms with Crippen LogP contribution in [0.1, 0.15) is 23.2 Å². The lowest BCUT2D eigenvalue weighted by Crippen LogP contribution is -2.50. The first-order valence-corrected chi connectivity index (χ1v) is 8.91. The molecule has 1 aromatic carbocycles. The van der Waals surface area contributed by atoms with Crippen LogP contribution in [0.3, 0.4) is 0 Å². The predicted molar refractivity (Wildman–Crippen MR) is 92.3 cm³/mol. The van der Waals surface area contributed by atoms with Gasteiger partial charge in [0.05, 0.1) is 9.74 Å². The number of hydrogen-bond donors (Lipinski definition) is 1. The number of amides is 1. The van der Waals surface area contributed by atoms with Crippen molar-refractivity contribution in [2.24, 2.45) is 5.73 Å². The number of likely N-dealkylation sites (tertiary alicyclic amines) is 1. The molecular formula is C14H16BrFN2OS2. The monoisotopic (exact) mass is 390 g/mol. The number of halogens is 2. The van der Waals surface area contributed by atoms with E-state index in [-0.39, 0.29) is 10.7 Å². The summed E-state index contributed by atoms with van der Waals surface area (Å²) in [5, 5.41) is 0. The van der Waals surface area contributed by atoms with E-state index in [2.05, 4.69) is 15.9 Å². The predicted octanol–water partition coefficient (Wildman–Crippen LogP) is 3.21. The zero-order valence-corrected chi connectivity index (χ0v) is 14.8. The summed E-state index contributed by atoms with van der Waals surface area (Å²) in [4.78, 5) is 14.7. The van der Waals surface area contributed by atoms with Crippen LogP contribution >= 0.6 is 39.9 Å². The fourth-order valence-corrected chi connectivity index (χ4v) is 4.19. The summed E-state index contributed by atoms with van der Waals surface area (Å²) in [6, 6.07) is 4.23. The largest absolute Gasteiger partial charge is 0.392 e. The minimum absolute atomic E-state index is 0.159. The Morgan fingerprint density at radius 1 is 1.43 bits per heavy atom. The molecular weight excluding hydrogens is 375 g/mol. The Labute approximate surface area is 141 Å². The number of nitrogens with zero attached hydrogens (tertiary/aromatic N) is 1. The van der Waals surface area contributed by atoms with Crippen LogP contribution < -0.4 is 5.73 Å². The van der Waals surface area contributed by atoms with Gasteiger partial charge in [0.2, 0.25) is 0 Å². The summed E-state index contributed by atoms with van der Waals surface area (Å²) in [6.07, 6.45) is 3.44. The summed E-state index contributed by atoms with van der Waals surface area (Å²) < 4.78 is 13.7. The van der Waals surface area contributed by atoms with Gasteiger partial charge in [0.15, 0.2) is 0 Å². The number of nitrogens with two attached hydrogens (primary N) is 1. The van der Waals surface area contributed by atoms with Crippen molar-refractivity contribution in [2.75, 3.05) is 19.3 Å². The van der Waals surface area contributed by atoms with Gasteiger partial charge in [0, 0.05) is 23.1 Å². The average molecular weight is 391 g/mol. The zero-order chi connectivity index (χ0) is 15.6. The van der Waals surface area contributed by atoms with Crippen molar-refractivity contribution in [1.29, 1.82) is 0 Å². The Morgan fingerprint density at radius 3 is 2.52 bits per heavy atom. The van der Waals surface area contributed by atoms with Gasteiger partial charge < -0.3 is 10.6 Å². The van der Waals surface area contributed by atoms with Gasteiger partial charge >= 0.3 is 0 Å². The van der Waals surface area contributed by atoms with Gasteiger partial charge in [-0.25, -0.2) is 4.39 Å². The molecule has 0 aliphatic carbocycles. The van der Waals surface area contributed by atoms with Gasteiger partial charge in [-0.1, -0.05) is 28.1 Å². The van der Waals surface area contributed by atoms with Crippen LogP contribution in [0.15, 0.2) is 22.7 Å². The van der Waals surface area contributed by atoms with Crippen LogP contribution in [0.5, 0.6) is 0 Å². The van der Waals surface area contributed by atoms with E-state index in [9.17, 15) is 9.18 Å². The molecule has 3 nitrogen and oxygen atoms in total. The van der Waals surface area contributed by atoms with Gasteiger partial charge in [-0.05, 0) is 37.3 Å². The average Bonchev–Trinajstić information content (AvgIpc) is 2.45. The molecule has 1 aromatic rings. The first kappa shape index (κ1) is 16.7. The molecule has 1 fully saturated rings. The van der Waals surface area contributed by atoms with Gasteiger partial charge in [0.1, 0.15) is 5.82 Å². The number of carbonyl (C=O) groups excluding carboxylic acids is 1. The smallest absolute Gasteiger partial charge is 0.253 e. The highest BCUT2D eigenvalue weighted by Crippen LogP contribution is 2.35. The number of thiocarbonyl (C=S) groups is 1. The molecule has 1 heterocycles. The molecule has 0 radical (unpaired) electrons. The molecule has 1 amide bonds. The summed E-state index contributed by atoms with van der Waals surface area (Å²) in [6.45, 7) is 1.15. The van der Waals surface area contributed by atoms with Crippen LogP contribution in [0.25, 0.3) is 0 Å². The molecule has 1 saturated heterocycles. The van der Waals surface area contributed by atoms with Crippen molar-refractivity contribution in [2.45, 2.75) is 17.6 Å². The maximum absolute atomic E-state index is 13.4. The third kappa shape index (κ3) is 3.57. The van der Waals surface area contributed by atoms with Crippen molar-refractivity contribution in [3.05, 3.63) is 34.1 Å². The minimum Gasteiger partial charge on any atom is -0.392 e. The molecule has 0 unspecified atom stereocenters. The summed E-state index contributed by atoms with van der Waals surface area (Å²) in [5.74, 6) is -0.584. The maximum atomic E-state index is 13.4. The summed E-state index contributed by atoms with van der Waals surface area (Å²) in [5.41, 5.74) is 6.19.